The lowest BCUT2D eigenvalue weighted by Gasteiger charge is -2.35. The van der Waals surface area contributed by atoms with E-state index in [1.807, 2.05) is 0 Å². The van der Waals surface area contributed by atoms with E-state index in [0.717, 1.165) is 0 Å². The molecule has 1 aromatic rings. The van der Waals surface area contributed by atoms with Crippen LogP contribution in [-0.2, 0) is 11.3 Å². The van der Waals surface area contributed by atoms with Gasteiger partial charge in [0.15, 0.2) is 0 Å². The molecule has 0 atom stereocenters. The summed E-state index contributed by atoms with van der Waals surface area (Å²) in [4.78, 5) is 25.3. The van der Waals surface area contributed by atoms with E-state index in [4.69, 9.17) is 0 Å². The van der Waals surface area contributed by atoms with Gasteiger partial charge >= 0.3 is 0 Å². The summed E-state index contributed by atoms with van der Waals surface area (Å²) in [6.45, 7) is 3.40. The Bertz CT molecular complexity index is 497. The van der Waals surface area contributed by atoms with Gasteiger partial charge in [0.1, 0.15) is 0 Å². The number of carbonyl (C=O) groups is 1. The fraction of sp³-hybridized carbons (Fsp3) is 0.571. The van der Waals surface area contributed by atoms with Gasteiger partial charge in [-0.3, -0.25) is 9.59 Å². The zero-order valence-electron chi connectivity index (χ0n) is 11.2. The standard InChI is InChI=1S/C14H20N2O3/c1-14(19)6-10-16(11-7-14)13(18)5-9-15-8-3-2-4-12(15)17/h2-4,8,19H,5-7,9-11H2,1H3. The number of nitrogens with zero attached hydrogens (tertiary/aromatic N) is 2. The highest BCUT2D eigenvalue weighted by molar-refractivity contribution is 5.76. The molecule has 1 N–H and O–H groups in total. The van der Waals surface area contributed by atoms with Crippen LogP contribution in [0.15, 0.2) is 29.2 Å². The van der Waals surface area contributed by atoms with Crippen LogP contribution in [0.4, 0.5) is 0 Å². The van der Waals surface area contributed by atoms with E-state index >= 15 is 0 Å². The SMILES string of the molecule is CC1(O)CCN(C(=O)CCn2ccccc2=O)CC1. The molecule has 19 heavy (non-hydrogen) atoms. The molecule has 0 spiro atoms. The van der Waals surface area contributed by atoms with Crippen LogP contribution < -0.4 is 5.56 Å². The number of aliphatic hydroxyl groups is 1. The maximum atomic E-state index is 12.0. The molecular formula is C14H20N2O3. The van der Waals surface area contributed by atoms with Crippen molar-refractivity contribution in [1.29, 1.82) is 0 Å². The van der Waals surface area contributed by atoms with Crippen LogP contribution in [0.2, 0.25) is 0 Å². The summed E-state index contributed by atoms with van der Waals surface area (Å²) >= 11 is 0. The number of rotatable bonds is 3. The van der Waals surface area contributed by atoms with E-state index in [0.29, 0.717) is 38.9 Å². The Labute approximate surface area is 112 Å². The molecule has 1 aromatic heterocycles. The van der Waals surface area contributed by atoms with Crippen molar-refractivity contribution in [2.45, 2.75) is 38.3 Å². The van der Waals surface area contributed by atoms with Gasteiger partial charge in [0.2, 0.25) is 5.91 Å². The maximum Gasteiger partial charge on any atom is 0.250 e. The molecule has 0 aliphatic carbocycles. The minimum Gasteiger partial charge on any atom is -0.390 e. The second kappa shape index (κ2) is 5.57. The highest BCUT2D eigenvalue weighted by atomic mass is 16.3. The number of aryl methyl sites for hydroxylation is 1. The molecule has 0 aromatic carbocycles. The lowest BCUT2D eigenvalue weighted by atomic mass is 9.94. The highest BCUT2D eigenvalue weighted by Crippen LogP contribution is 2.21. The van der Waals surface area contributed by atoms with Crippen molar-refractivity contribution in [3.8, 4) is 0 Å². The molecule has 0 unspecified atom stereocenters. The summed E-state index contributed by atoms with van der Waals surface area (Å²) < 4.78 is 1.54. The van der Waals surface area contributed by atoms with E-state index in [2.05, 4.69) is 0 Å². The van der Waals surface area contributed by atoms with Crippen molar-refractivity contribution < 1.29 is 9.90 Å². The topological polar surface area (TPSA) is 62.5 Å². The number of hydrogen-bond acceptors (Lipinski definition) is 3. The Morgan fingerprint density at radius 2 is 2.05 bits per heavy atom. The summed E-state index contributed by atoms with van der Waals surface area (Å²) in [5.41, 5.74) is -0.732. The van der Waals surface area contributed by atoms with Gasteiger partial charge in [-0.1, -0.05) is 6.07 Å². The van der Waals surface area contributed by atoms with Crippen LogP contribution in [0, 0.1) is 0 Å². The Morgan fingerprint density at radius 3 is 2.68 bits per heavy atom. The van der Waals surface area contributed by atoms with Crippen molar-refractivity contribution in [3.63, 3.8) is 0 Å². The first kappa shape index (κ1) is 13.8. The molecule has 2 rings (SSSR count). The van der Waals surface area contributed by atoms with E-state index in [9.17, 15) is 14.7 Å². The average molecular weight is 264 g/mol. The monoisotopic (exact) mass is 264 g/mol. The molecule has 5 heteroatoms. The minimum absolute atomic E-state index is 0.0475. The molecule has 0 saturated carbocycles. The molecule has 5 nitrogen and oxygen atoms in total. The maximum absolute atomic E-state index is 12.0. The van der Waals surface area contributed by atoms with E-state index in [-0.39, 0.29) is 11.5 Å². The smallest absolute Gasteiger partial charge is 0.250 e. The van der Waals surface area contributed by atoms with Crippen LogP contribution in [0.1, 0.15) is 26.2 Å². The summed E-state index contributed by atoms with van der Waals surface area (Å²) in [6.07, 6.45) is 3.25. The highest BCUT2D eigenvalue weighted by Gasteiger charge is 2.29. The van der Waals surface area contributed by atoms with Crippen LogP contribution in [0.5, 0.6) is 0 Å². The van der Waals surface area contributed by atoms with Gasteiger partial charge < -0.3 is 14.6 Å². The predicted octanol–water partition coefficient (Wildman–Crippen LogP) is 0.612. The third-order valence-corrected chi connectivity index (χ3v) is 3.66. The molecule has 2 heterocycles. The molecule has 1 aliphatic heterocycles. The van der Waals surface area contributed by atoms with Gasteiger partial charge in [-0.05, 0) is 25.8 Å². The van der Waals surface area contributed by atoms with Gasteiger partial charge in [0.25, 0.3) is 5.56 Å². The molecule has 1 fully saturated rings. The fourth-order valence-electron chi connectivity index (χ4n) is 2.26. The Hall–Kier alpha value is -1.62. The first-order valence-electron chi connectivity index (χ1n) is 6.64. The Kier molecular flexibility index (Phi) is 4.04. The van der Waals surface area contributed by atoms with Crippen molar-refractivity contribution in [1.82, 2.24) is 9.47 Å². The van der Waals surface area contributed by atoms with Crippen molar-refractivity contribution >= 4 is 5.91 Å². The second-order valence-corrected chi connectivity index (χ2v) is 5.36. The molecule has 1 saturated heterocycles. The molecule has 0 radical (unpaired) electrons. The quantitative estimate of drug-likeness (QED) is 0.870. The van der Waals surface area contributed by atoms with Gasteiger partial charge in [-0.25, -0.2) is 0 Å². The number of aromatic nitrogens is 1. The Morgan fingerprint density at radius 1 is 1.37 bits per heavy atom. The van der Waals surface area contributed by atoms with Crippen LogP contribution in [-0.4, -0.2) is 39.2 Å². The van der Waals surface area contributed by atoms with Gasteiger partial charge in [0, 0.05) is 38.3 Å². The molecule has 1 amide bonds. The predicted molar refractivity (Wildman–Crippen MR) is 71.8 cm³/mol. The van der Waals surface area contributed by atoms with E-state index < -0.39 is 5.60 Å². The molecule has 104 valence electrons. The Balaban J connectivity index is 1.86. The van der Waals surface area contributed by atoms with Crippen LogP contribution >= 0.6 is 0 Å². The fourth-order valence-corrected chi connectivity index (χ4v) is 2.26. The van der Waals surface area contributed by atoms with Crippen molar-refractivity contribution in [2.75, 3.05) is 13.1 Å². The summed E-state index contributed by atoms with van der Waals surface area (Å²) in [5.74, 6) is 0.0475. The first-order valence-corrected chi connectivity index (χ1v) is 6.64. The zero-order valence-corrected chi connectivity index (χ0v) is 11.2. The zero-order chi connectivity index (χ0) is 13.9. The summed E-state index contributed by atoms with van der Waals surface area (Å²) in [6, 6.07) is 4.96. The summed E-state index contributed by atoms with van der Waals surface area (Å²) in [5, 5.41) is 9.83. The minimum atomic E-state index is -0.646. The van der Waals surface area contributed by atoms with Gasteiger partial charge in [0.05, 0.1) is 5.60 Å². The third kappa shape index (κ3) is 3.67. The number of likely N-dealkylation sites (tertiary alicyclic amines) is 1. The number of piperidine rings is 1. The van der Waals surface area contributed by atoms with Crippen molar-refractivity contribution in [3.05, 3.63) is 34.7 Å². The lowest BCUT2D eigenvalue weighted by molar-refractivity contribution is -0.135. The van der Waals surface area contributed by atoms with E-state index in [1.54, 1.807) is 30.2 Å². The van der Waals surface area contributed by atoms with Gasteiger partial charge in [-0.15, -0.1) is 0 Å². The molecule has 1 aliphatic rings. The second-order valence-electron chi connectivity index (χ2n) is 5.36. The molecular weight excluding hydrogens is 244 g/mol. The largest absolute Gasteiger partial charge is 0.390 e. The number of carbonyl (C=O) groups excluding carboxylic acids is 1. The van der Waals surface area contributed by atoms with Crippen LogP contribution in [0.25, 0.3) is 0 Å². The average Bonchev–Trinajstić information content (AvgIpc) is 2.37. The normalized spacial score (nSPS) is 18.3. The number of pyridine rings is 1. The summed E-state index contributed by atoms with van der Waals surface area (Å²) in [7, 11) is 0. The van der Waals surface area contributed by atoms with Gasteiger partial charge in [-0.2, -0.15) is 0 Å². The molecule has 0 bridgehead atoms. The number of hydrogen-bond donors (Lipinski definition) is 1. The third-order valence-electron chi connectivity index (χ3n) is 3.66. The first-order chi connectivity index (χ1) is 8.98. The lowest BCUT2D eigenvalue weighted by Crippen LogP contribution is -2.45. The van der Waals surface area contributed by atoms with Crippen molar-refractivity contribution in [2.24, 2.45) is 0 Å². The van der Waals surface area contributed by atoms with Crippen LogP contribution in [0.3, 0.4) is 0 Å². The number of amides is 1. The van der Waals surface area contributed by atoms with E-state index in [1.165, 1.54) is 10.6 Å².